The van der Waals surface area contributed by atoms with Crippen molar-refractivity contribution in [3.05, 3.63) is 17.7 Å². The van der Waals surface area contributed by atoms with Crippen LogP contribution in [0.15, 0.2) is 12.1 Å². The summed E-state index contributed by atoms with van der Waals surface area (Å²) < 4.78 is 15.8. The number of carbonyl (C=O) groups excluding carboxylic acids is 1. The standard InChI is InChI=1S/C11H15N3O4/c1-16-6-4-7(17-2)9(8(5-6)18-3)10-12-11(15)14-13-10/h4-5,10,13H,1-3H3,(H2,12,14,15). The molecule has 1 aromatic rings. The number of ether oxygens (including phenoxy) is 3. The van der Waals surface area contributed by atoms with E-state index in [0.29, 0.717) is 22.8 Å². The molecule has 1 aliphatic rings. The van der Waals surface area contributed by atoms with Gasteiger partial charge in [0.1, 0.15) is 23.4 Å². The Hall–Kier alpha value is -2.15. The highest BCUT2D eigenvalue weighted by Gasteiger charge is 2.28. The van der Waals surface area contributed by atoms with Gasteiger partial charge >= 0.3 is 6.03 Å². The van der Waals surface area contributed by atoms with Crippen molar-refractivity contribution < 1.29 is 19.0 Å². The zero-order valence-corrected chi connectivity index (χ0v) is 10.4. The molecule has 1 heterocycles. The Morgan fingerprint density at radius 2 is 1.67 bits per heavy atom. The third kappa shape index (κ3) is 2.12. The quantitative estimate of drug-likeness (QED) is 0.729. The number of nitrogens with one attached hydrogen (secondary N) is 3. The van der Waals surface area contributed by atoms with Gasteiger partial charge in [-0.15, -0.1) is 0 Å². The molecule has 2 amide bonds. The van der Waals surface area contributed by atoms with Gasteiger partial charge in [-0.3, -0.25) is 5.43 Å². The van der Waals surface area contributed by atoms with Gasteiger partial charge in [-0.2, -0.15) is 0 Å². The number of hydrogen-bond acceptors (Lipinski definition) is 5. The molecule has 1 aliphatic heterocycles. The van der Waals surface area contributed by atoms with Crippen LogP contribution in [0.5, 0.6) is 17.2 Å². The van der Waals surface area contributed by atoms with Gasteiger partial charge in [0.25, 0.3) is 0 Å². The normalized spacial score (nSPS) is 17.9. The van der Waals surface area contributed by atoms with Gasteiger partial charge in [-0.25, -0.2) is 10.2 Å². The molecule has 0 radical (unpaired) electrons. The predicted octanol–water partition coefficient (Wildman–Crippen LogP) is 0.528. The minimum Gasteiger partial charge on any atom is -0.496 e. The van der Waals surface area contributed by atoms with Crippen molar-refractivity contribution >= 4 is 6.03 Å². The predicted molar refractivity (Wildman–Crippen MR) is 63.6 cm³/mol. The molecule has 1 atom stereocenters. The lowest BCUT2D eigenvalue weighted by atomic mass is 10.1. The highest BCUT2D eigenvalue weighted by molar-refractivity contribution is 5.76. The molecular weight excluding hydrogens is 238 g/mol. The maximum absolute atomic E-state index is 11.2. The van der Waals surface area contributed by atoms with Crippen LogP contribution < -0.4 is 30.4 Å². The van der Waals surface area contributed by atoms with Crippen molar-refractivity contribution in [2.75, 3.05) is 21.3 Å². The Bertz CT molecular complexity index is 439. The van der Waals surface area contributed by atoms with E-state index in [2.05, 4.69) is 16.2 Å². The summed E-state index contributed by atoms with van der Waals surface area (Å²) >= 11 is 0. The molecule has 1 saturated heterocycles. The topological polar surface area (TPSA) is 80.9 Å². The maximum atomic E-state index is 11.2. The third-order valence-corrected chi connectivity index (χ3v) is 2.65. The number of benzene rings is 1. The molecule has 18 heavy (non-hydrogen) atoms. The van der Waals surface area contributed by atoms with Crippen molar-refractivity contribution in [2.24, 2.45) is 0 Å². The second kappa shape index (κ2) is 5.01. The third-order valence-electron chi connectivity index (χ3n) is 2.65. The second-order valence-corrected chi connectivity index (χ2v) is 3.62. The van der Waals surface area contributed by atoms with Crippen molar-refractivity contribution in [1.82, 2.24) is 16.2 Å². The van der Waals surface area contributed by atoms with Gasteiger partial charge in [0.2, 0.25) is 0 Å². The molecule has 0 bridgehead atoms. The van der Waals surface area contributed by atoms with Gasteiger partial charge in [0.05, 0.1) is 26.9 Å². The van der Waals surface area contributed by atoms with Gasteiger partial charge in [-0.1, -0.05) is 0 Å². The molecule has 0 aliphatic carbocycles. The van der Waals surface area contributed by atoms with E-state index in [1.807, 2.05) is 0 Å². The Balaban J connectivity index is 2.46. The maximum Gasteiger partial charge on any atom is 0.330 e. The van der Waals surface area contributed by atoms with Crippen LogP contribution >= 0.6 is 0 Å². The summed E-state index contributed by atoms with van der Waals surface area (Å²) in [6, 6.07) is 3.15. The number of rotatable bonds is 4. The number of carbonyl (C=O) groups is 1. The largest absolute Gasteiger partial charge is 0.496 e. The molecule has 7 nitrogen and oxygen atoms in total. The molecular formula is C11H15N3O4. The zero-order chi connectivity index (χ0) is 13.1. The fourth-order valence-electron chi connectivity index (χ4n) is 1.80. The zero-order valence-electron chi connectivity index (χ0n) is 10.4. The van der Waals surface area contributed by atoms with Gasteiger partial charge in [0, 0.05) is 12.1 Å². The minimum atomic E-state index is -0.423. The molecule has 3 N–H and O–H groups in total. The minimum absolute atomic E-state index is 0.306. The fourth-order valence-corrected chi connectivity index (χ4v) is 1.80. The molecule has 1 aromatic carbocycles. The van der Waals surface area contributed by atoms with Gasteiger partial charge in [0.15, 0.2) is 0 Å². The first-order chi connectivity index (χ1) is 8.69. The van der Waals surface area contributed by atoms with Crippen LogP contribution in [0.25, 0.3) is 0 Å². The lowest BCUT2D eigenvalue weighted by Crippen LogP contribution is -2.27. The van der Waals surface area contributed by atoms with E-state index >= 15 is 0 Å². The number of amides is 2. The molecule has 7 heteroatoms. The molecule has 0 aromatic heterocycles. The molecule has 1 fully saturated rings. The monoisotopic (exact) mass is 253 g/mol. The second-order valence-electron chi connectivity index (χ2n) is 3.62. The number of urea groups is 1. The summed E-state index contributed by atoms with van der Waals surface area (Å²) in [6.07, 6.45) is -0.423. The van der Waals surface area contributed by atoms with Crippen LogP contribution in [0.3, 0.4) is 0 Å². The summed E-state index contributed by atoms with van der Waals surface area (Å²) in [5, 5.41) is 2.70. The van der Waals surface area contributed by atoms with Crippen LogP contribution in [-0.2, 0) is 0 Å². The average molecular weight is 253 g/mol. The van der Waals surface area contributed by atoms with Crippen molar-refractivity contribution in [3.8, 4) is 17.2 Å². The molecule has 1 unspecified atom stereocenters. The van der Waals surface area contributed by atoms with E-state index in [1.165, 1.54) is 0 Å². The highest BCUT2D eigenvalue weighted by Crippen LogP contribution is 2.37. The van der Waals surface area contributed by atoms with Crippen LogP contribution in [0.4, 0.5) is 4.79 Å². The summed E-state index contributed by atoms with van der Waals surface area (Å²) in [5.41, 5.74) is 5.95. The average Bonchev–Trinajstić information content (AvgIpc) is 2.83. The molecule has 2 rings (SSSR count). The summed E-state index contributed by atoms with van der Waals surface area (Å²) in [5.74, 6) is 1.74. The first-order valence-corrected chi connectivity index (χ1v) is 5.31. The van der Waals surface area contributed by atoms with E-state index in [0.717, 1.165) is 0 Å². The van der Waals surface area contributed by atoms with E-state index in [-0.39, 0.29) is 6.03 Å². The van der Waals surface area contributed by atoms with Gasteiger partial charge in [-0.05, 0) is 0 Å². The lowest BCUT2D eigenvalue weighted by Gasteiger charge is -2.18. The van der Waals surface area contributed by atoms with E-state index in [4.69, 9.17) is 14.2 Å². The van der Waals surface area contributed by atoms with Gasteiger partial charge < -0.3 is 19.5 Å². The van der Waals surface area contributed by atoms with Crippen LogP contribution in [-0.4, -0.2) is 27.4 Å². The molecule has 0 spiro atoms. The first kappa shape index (κ1) is 12.3. The summed E-state index contributed by atoms with van der Waals surface area (Å²) in [4.78, 5) is 11.2. The fraction of sp³-hybridized carbons (Fsp3) is 0.364. The van der Waals surface area contributed by atoms with E-state index in [9.17, 15) is 4.79 Å². The first-order valence-electron chi connectivity index (χ1n) is 5.31. The summed E-state index contributed by atoms with van der Waals surface area (Å²) in [6.45, 7) is 0. The van der Waals surface area contributed by atoms with E-state index in [1.54, 1.807) is 33.5 Å². The number of hydrogen-bond donors (Lipinski definition) is 3. The smallest absolute Gasteiger partial charge is 0.330 e. The lowest BCUT2D eigenvalue weighted by molar-refractivity contribution is 0.246. The van der Waals surface area contributed by atoms with E-state index < -0.39 is 6.17 Å². The van der Waals surface area contributed by atoms with Crippen LogP contribution in [0, 0.1) is 0 Å². The SMILES string of the molecule is COc1cc(OC)c(C2NNC(=O)N2)c(OC)c1. The Kier molecular flexibility index (Phi) is 3.42. The van der Waals surface area contributed by atoms with Crippen molar-refractivity contribution in [2.45, 2.75) is 6.17 Å². The Morgan fingerprint density at radius 3 is 2.06 bits per heavy atom. The highest BCUT2D eigenvalue weighted by atomic mass is 16.5. The van der Waals surface area contributed by atoms with Crippen molar-refractivity contribution in [1.29, 1.82) is 0 Å². The Labute approximate surface area is 104 Å². The number of methoxy groups -OCH3 is 3. The van der Waals surface area contributed by atoms with Crippen molar-refractivity contribution in [3.63, 3.8) is 0 Å². The molecule has 98 valence electrons. The number of hydrazine groups is 1. The Morgan fingerprint density at radius 1 is 1.06 bits per heavy atom. The van der Waals surface area contributed by atoms with Crippen LogP contribution in [0.2, 0.25) is 0 Å². The summed E-state index contributed by atoms with van der Waals surface area (Å²) in [7, 11) is 4.65. The van der Waals surface area contributed by atoms with Crippen LogP contribution in [0.1, 0.15) is 11.7 Å². The molecule has 0 saturated carbocycles.